The number of carbonyl (C=O) groups excluding carboxylic acids is 1. The molecular formula is C22H27N3O2S. The van der Waals surface area contributed by atoms with Crippen molar-refractivity contribution >= 4 is 29.0 Å². The summed E-state index contributed by atoms with van der Waals surface area (Å²) >= 11 is 1.89. The fourth-order valence-corrected chi connectivity index (χ4v) is 4.85. The van der Waals surface area contributed by atoms with Gasteiger partial charge in [-0.1, -0.05) is 12.1 Å². The molecule has 0 saturated carbocycles. The highest BCUT2D eigenvalue weighted by Crippen LogP contribution is 2.33. The Bertz CT molecular complexity index is 804. The minimum Gasteiger partial charge on any atom is -0.497 e. The Labute approximate surface area is 171 Å². The number of hydrogen-bond donors (Lipinski definition) is 0. The molecule has 2 aromatic carbocycles. The van der Waals surface area contributed by atoms with Gasteiger partial charge in [-0.15, -0.1) is 11.8 Å². The number of amides is 1. The van der Waals surface area contributed by atoms with Crippen molar-refractivity contribution in [3.8, 4) is 5.75 Å². The molecule has 0 aromatic heterocycles. The van der Waals surface area contributed by atoms with Crippen LogP contribution in [0.1, 0.15) is 6.42 Å². The molecule has 0 aliphatic carbocycles. The predicted molar refractivity (Wildman–Crippen MR) is 116 cm³/mol. The predicted octanol–water partition coefficient (Wildman–Crippen LogP) is 3.35. The minimum absolute atomic E-state index is 0.232. The van der Waals surface area contributed by atoms with Crippen LogP contribution in [0.4, 0.5) is 11.4 Å². The maximum absolute atomic E-state index is 13.0. The molecule has 2 aliphatic rings. The number of piperazine rings is 1. The quantitative estimate of drug-likeness (QED) is 0.791. The van der Waals surface area contributed by atoms with E-state index in [1.165, 1.54) is 16.3 Å². The summed E-state index contributed by atoms with van der Waals surface area (Å²) in [7, 11) is 1.68. The van der Waals surface area contributed by atoms with E-state index in [9.17, 15) is 4.79 Å². The maximum atomic E-state index is 13.0. The van der Waals surface area contributed by atoms with Gasteiger partial charge >= 0.3 is 0 Å². The number of benzene rings is 2. The van der Waals surface area contributed by atoms with Crippen LogP contribution in [0.25, 0.3) is 0 Å². The molecule has 0 atom stereocenters. The molecular weight excluding hydrogens is 370 g/mol. The van der Waals surface area contributed by atoms with E-state index in [0.29, 0.717) is 6.54 Å². The topological polar surface area (TPSA) is 36.0 Å². The summed E-state index contributed by atoms with van der Waals surface area (Å²) in [5, 5.41) is 0. The summed E-state index contributed by atoms with van der Waals surface area (Å²) in [6, 6.07) is 16.6. The molecule has 2 heterocycles. The van der Waals surface area contributed by atoms with Crippen molar-refractivity contribution in [2.45, 2.75) is 11.3 Å². The number of anilines is 2. The number of methoxy groups -OCH3 is 1. The molecule has 5 nitrogen and oxygen atoms in total. The molecule has 148 valence electrons. The Morgan fingerprint density at radius 2 is 1.75 bits per heavy atom. The first-order valence-electron chi connectivity index (χ1n) is 9.88. The number of carbonyl (C=O) groups is 1. The molecule has 28 heavy (non-hydrogen) atoms. The van der Waals surface area contributed by atoms with Gasteiger partial charge in [0.1, 0.15) is 5.75 Å². The van der Waals surface area contributed by atoms with E-state index < -0.39 is 0 Å². The van der Waals surface area contributed by atoms with E-state index in [1.807, 2.05) is 28.8 Å². The molecule has 0 radical (unpaired) electrons. The molecule has 1 saturated heterocycles. The number of ether oxygens (including phenoxy) is 1. The third-order valence-corrected chi connectivity index (χ3v) is 6.58. The van der Waals surface area contributed by atoms with Crippen LogP contribution >= 0.6 is 11.8 Å². The van der Waals surface area contributed by atoms with Crippen LogP contribution in [0, 0.1) is 0 Å². The van der Waals surface area contributed by atoms with Crippen molar-refractivity contribution < 1.29 is 9.53 Å². The average molecular weight is 398 g/mol. The first-order valence-corrected chi connectivity index (χ1v) is 10.9. The van der Waals surface area contributed by atoms with Crippen molar-refractivity contribution in [1.82, 2.24) is 4.90 Å². The van der Waals surface area contributed by atoms with Gasteiger partial charge in [0.25, 0.3) is 0 Å². The van der Waals surface area contributed by atoms with Gasteiger partial charge in [-0.3, -0.25) is 4.79 Å². The molecule has 2 aromatic rings. The van der Waals surface area contributed by atoms with E-state index in [2.05, 4.69) is 46.2 Å². The van der Waals surface area contributed by atoms with Gasteiger partial charge in [-0.2, -0.15) is 0 Å². The molecule has 0 bridgehead atoms. The molecule has 0 N–H and O–H groups in total. The number of para-hydroxylation sites is 1. The second-order valence-corrected chi connectivity index (χ2v) is 8.29. The molecule has 2 aliphatic heterocycles. The Kier molecular flexibility index (Phi) is 5.95. The monoisotopic (exact) mass is 397 g/mol. The Balaban J connectivity index is 1.35. The molecule has 1 amide bonds. The van der Waals surface area contributed by atoms with Gasteiger partial charge in [-0.25, -0.2) is 0 Å². The van der Waals surface area contributed by atoms with Crippen molar-refractivity contribution in [2.75, 3.05) is 61.9 Å². The lowest BCUT2D eigenvalue weighted by molar-refractivity contribution is -0.130. The van der Waals surface area contributed by atoms with Gasteiger partial charge in [-0.05, 0) is 48.6 Å². The van der Waals surface area contributed by atoms with Crippen LogP contribution in [0.3, 0.4) is 0 Å². The summed E-state index contributed by atoms with van der Waals surface area (Å²) in [5.41, 5.74) is 2.39. The second-order valence-electron chi connectivity index (χ2n) is 7.16. The normalized spacial score (nSPS) is 17.1. The summed E-state index contributed by atoms with van der Waals surface area (Å²) < 4.78 is 5.23. The highest BCUT2D eigenvalue weighted by atomic mass is 32.2. The van der Waals surface area contributed by atoms with E-state index in [4.69, 9.17) is 4.74 Å². The molecule has 0 unspecified atom stereocenters. The Morgan fingerprint density at radius 1 is 1.00 bits per heavy atom. The zero-order valence-corrected chi connectivity index (χ0v) is 17.2. The van der Waals surface area contributed by atoms with Gasteiger partial charge in [0.15, 0.2) is 0 Å². The number of rotatable bonds is 4. The van der Waals surface area contributed by atoms with Crippen LogP contribution in [-0.2, 0) is 4.79 Å². The first-order chi connectivity index (χ1) is 13.7. The van der Waals surface area contributed by atoms with Gasteiger partial charge in [0.2, 0.25) is 5.91 Å². The van der Waals surface area contributed by atoms with Crippen LogP contribution in [-0.4, -0.2) is 62.9 Å². The summed E-state index contributed by atoms with van der Waals surface area (Å²) in [6.07, 6.45) is 1.11. The lowest BCUT2D eigenvalue weighted by Crippen LogP contribution is -2.51. The molecule has 0 spiro atoms. The minimum atomic E-state index is 0.232. The summed E-state index contributed by atoms with van der Waals surface area (Å²) in [4.78, 5) is 20.9. The van der Waals surface area contributed by atoms with Crippen molar-refractivity contribution in [1.29, 1.82) is 0 Å². The van der Waals surface area contributed by atoms with E-state index in [1.54, 1.807) is 7.11 Å². The van der Waals surface area contributed by atoms with Crippen LogP contribution in [0.5, 0.6) is 5.75 Å². The number of thioether (sulfide) groups is 1. The van der Waals surface area contributed by atoms with Crippen molar-refractivity contribution in [3.63, 3.8) is 0 Å². The lowest BCUT2D eigenvalue weighted by atomic mass is 10.2. The zero-order valence-electron chi connectivity index (χ0n) is 16.3. The van der Waals surface area contributed by atoms with Crippen LogP contribution in [0.2, 0.25) is 0 Å². The highest BCUT2D eigenvalue weighted by molar-refractivity contribution is 7.99. The Hall–Kier alpha value is -2.34. The maximum Gasteiger partial charge on any atom is 0.242 e. The molecule has 6 heteroatoms. The average Bonchev–Trinajstić information content (AvgIpc) is 2.96. The third-order valence-electron chi connectivity index (χ3n) is 5.43. The van der Waals surface area contributed by atoms with Crippen molar-refractivity contribution in [2.24, 2.45) is 0 Å². The Morgan fingerprint density at radius 3 is 2.50 bits per heavy atom. The van der Waals surface area contributed by atoms with Gasteiger partial charge < -0.3 is 19.4 Å². The third kappa shape index (κ3) is 4.22. The summed E-state index contributed by atoms with van der Waals surface area (Å²) in [5.74, 6) is 2.21. The standard InChI is InChI=1S/C22H27N3O2S/c1-27-19-9-7-18(8-10-19)23-12-14-24(15-13-23)22(26)17-25-11-4-16-28-21-6-3-2-5-20(21)25/h2-3,5-10H,4,11-17H2,1H3. The van der Waals surface area contributed by atoms with Gasteiger partial charge in [0.05, 0.1) is 19.3 Å². The number of fused-ring (bicyclic) bond motifs is 1. The van der Waals surface area contributed by atoms with Crippen LogP contribution in [0.15, 0.2) is 53.4 Å². The second kappa shape index (κ2) is 8.78. The smallest absolute Gasteiger partial charge is 0.242 e. The first kappa shape index (κ1) is 19.0. The summed E-state index contributed by atoms with van der Waals surface area (Å²) in [6.45, 7) is 4.70. The van der Waals surface area contributed by atoms with Crippen LogP contribution < -0.4 is 14.5 Å². The zero-order chi connectivity index (χ0) is 19.3. The highest BCUT2D eigenvalue weighted by Gasteiger charge is 2.24. The SMILES string of the molecule is COc1ccc(N2CCN(C(=O)CN3CCCSc4ccccc43)CC2)cc1. The fourth-order valence-electron chi connectivity index (χ4n) is 3.83. The van der Waals surface area contributed by atoms with E-state index in [0.717, 1.165) is 50.6 Å². The molecule has 4 rings (SSSR count). The number of hydrogen-bond acceptors (Lipinski definition) is 5. The largest absolute Gasteiger partial charge is 0.497 e. The molecule has 1 fully saturated rings. The van der Waals surface area contributed by atoms with E-state index >= 15 is 0 Å². The lowest BCUT2D eigenvalue weighted by Gasteiger charge is -2.37. The van der Waals surface area contributed by atoms with Crippen molar-refractivity contribution in [3.05, 3.63) is 48.5 Å². The van der Waals surface area contributed by atoms with E-state index in [-0.39, 0.29) is 5.91 Å². The van der Waals surface area contributed by atoms with Gasteiger partial charge in [0, 0.05) is 43.3 Å². The number of nitrogens with zero attached hydrogens (tertiary/aromatic N) is 3. The fraction of sp³-hybridized carbons (Fsp3) is 0.409.